The number of hydrogen-bond donors (Lipinski definition) is 3. The van der Waals surface area contributed by atoms with Crippen molar-refractivity contribution in [2.45, 2.75) is 78.0 Å². The Hall–Kier alpha value is -4.31. The third-order valence-electron chi connectivity index (χ3n) is 8.23. The van der Waals surface area contributed by atoms with Gasteiger partial charge < -0.3 is 25.0 Å². The number of amides is 1. The van der Waals surface area contributed by atoms with Crippen LogP contribution in [0.5, 0.6) is 0 Å². The van der Waals surface area contributed by atoms with Crippen LogP contribution in [0, 0.1) is 38.3 Å². The van der Waals surface area contributed by atoms with E-state index in [0.29, 0.717) is 10.1 Å². The van der Waals surface area contributed by atoms with Crippen molar-refractivity contribution >= 4 is 11.9 Å². The van der Waals surface area contributed by atoms with Crippen LogP contribution in [0.1, 0.15) is 71.7 Å². The fourth-order valence-electron chi connectivity index (χ4n) is 6.13. The first-order valence-electron chi connectivity index (χ1n) is 15.7. The molecule has 3 aromatic rings. The number of benzene rings is 2. The lowest BCUT2D eigenvalue weighted by atomic mass is 9.87. The fourth-order valence-corrected chi connectivity index (χ4v) is 6.13. The van der Waals surface area contributed by atoms with Gasteiger partial charge in [0.15, 0.2) is 5.72 Å². The SMILES string of the molecule is Cc1cc(C)c(-c2cc(C(F)(F)F)c(F)c([C@](O)(CC(=O)O)NC(=O)C(CC(C)C)n3cc(CCN(C)C)c(C(F)(F)F)cc3=O)c2F)c(C)c1. The van der Waals surface area contributed by atoms with E-state index in [-0.39, 0.29) is 48.2 Å². The number of alkyl halides is 6. The number of likely N-dealkylation sites (N-methyl/N-ethyl adjacent to an activating group) is 1. The summed E-state index contributed by atoms with van der Waals surface area (Å²) in [7, 11) is 3.17. The predicted molar refractivity (Wildman–Crippen MR) is 172 cm³/mol. The Morgan fingerprint density at radius 1 is 0.902 bits per heavy atom. The summed E-state index contributed by atoms with van der Waals surface area (Å²) in [6, 6.07) is 1.64. The first kappa shape index (κ1) is 41.1. The largest absolute Gasteiger partial charge is 0.481 e. The molecule has 0 radical (unpaired) electrons. The molecule has 2 aromatic carbocycles. The molecule has 2 atom stereocenters. The van der Waals surface area contributed by atoms with Gasteiger partial charge in [0.25, 0.3) is 5.56 Å². The van der Waals surface area contributed by atoms with E-state index in [2.05, 4.69) is 0 Å². The number of aliphatic carboxylic acids is 1. The van der Waals surface area contributed by atoms with E-state index in [1.54, 1.807) is 45.1 Å². The molecule has 3 rings (SSSR count). The van der Waals surface area contributed by atoms with E-state index in [0.717, 1.165) is 6.20 Å². The third-order valence-corrected chi connectivity index (χ3v) is 8.23. The molecule has 0 spiro atoms. The Labute approximate surface area is 288 Å². The van der Waals surface area contributed by atoms with Crippen LogP contribution in [-0.2, 0) is 34.1 Å². The molecule has 1 heterocycles. The number of nitrogens with one attached hydrogen (secondary N) is 1. The molecule has 0 aliphatic heterocycles. The Balaban J connectivity index is 2.35. The van der Waals surface area contributed by atoms with E-state index < -0.39 is 93.3 Å². The van der Waals surface area contributed by atoms with Gasteiger partial charge in [0.05, 0.1) is 23.1 Å². The molecule has 0 aliphatic carbocycles. The highest BCUT2D eigenvalue weighted by Crippen LogP contribution is 2.43. The highest BCUT2D eigenvalue weighted by Gasteiger charge is 2.46. The first-order valence-corrected chi connectivity index (χ1v) is 15.7. The smallest absolute Gasteiger partial charge is 0.419 e. The monoisotopic (exact) mass is 733 g/mol. The summed E-state index contributed by atoms with van der Waals surface area (Å²) in [5, 5.41) is 23.1. The molecular formula is C35H39F8N3O5. The first-order chi connectivity index (χ1) is 23.3. The minimum Gasteiger partial charge on any atom is -0.481 e. The average Bonchev–Trinajstić information content (AvgIpc) is 2.93. The molecule has 8 nitrogen and oxygen atoms in total. The van der Waals surface area contributed by atoms with Gasteiger partial charge in [-0.2, -0.15) is 26.3 Å². The normalized spacial score (nSPS) is 14.2. The van der Waals surface area contributed by atoms with E-state index in [4.69, 9.17) is 0 Å². The van der Waals surface area contributed by atoms with Crippen LogP contribution in [0.4, 0.5) is 35.1 Å². The molecule has 1 amide bonds. The highest BCUT2D eigenvalue weighted by atomic mass is 19.4. The van der Waals surface area contributed by atoms with Gasteiger partial charge in [-0.1, -0.05) is 31.5 Å². The Bertz CT molecular complexity index is 1840. The summed E-state index contributed by atoms with van der Waals surface area (Å²) >= 11 is 0. The molecule has 1 unspecified atom stereocenters. The number of aromatic nitrogens is 1. The number of carboxylic acid groups (broad SMARTS) is 1. The van der Waals surface area contributed by atoms with Gasteiger partial charge in [-0.25, -0.2) is 8.78 Å². The van der Waals surface area contributed by atoms with Crippen LogP contribution >= 0.6 is 0 Å². The molecule has 0 saturated heterocycles. The predicted octanol–water partition coefficient (Wildman–Crippen LogP) is 6.88. The van der Waals surface area contributed by atoms with Crippen molar-refractivity contribution in [3.8, 4) is 11.1 Å². The van der Waals surface area contributed by atoms with E-state index in [1.165, 1.54) is 26.0 Å². The van der Waals surface area contributed by atoms with Crippen LogP contribution in [-0.4, -0.2) is 52.2 Å². The zero-order valence-electron chi connectivity index (χ0n) is 28.9. The van der Waals surface area contributed by atoms with Crippen LogP contribution in [0.25, 0.3) is 11.1 Å². The third kappa shape index (κ3) is 9.33. The molecule has 51 heavy (non-hydrogen) atoms. The van der Waals surface area contributed by atoms with Gasteiger partial charge >= 0.3 is 18.3 Å². The topological polar surface area (TPSA) is 112 Å². The molecular weight excluding hydrogens is 694 g/mol. The minimum absolute atomic E-state index is 0.0804. The number of carbonyl (C=O) groups excluding carboxylic acids is 1. The van der Waals surface area contributed by atoms with E-state index in [9.17, 15) is 50.9 Å². The lowest BCUT2D eigenvalue weighted by Crippen LogP contribution is -2.52. The number of aryl methyl sites for hydroxylation is 3. The van der Waals surface area contributed by atoms with Gasteiger partial charge in [-0.15, -0.1) is 0 Å². The Morgan fingerprint density at radius 2 is 1.45 bits per heavy atom. The number of rotatable bonds is 12. The molecule has 16 heteroatoms. The number of hydrogen-bond acceptors (Lipinski definition) is 5. The maximum absolute atomic E-state index is 16.5. The summed E-state index contributed by atoms with van der Waals surface area (Å²) in [5.41, 5.74) is -10.4. The van der Waals surface area contributed by atoms with Crippen molar-refractivity contribution < 1.29 is 54.9 Å². The molecule has 0 aliphatic rings. The lowest BCUT2D eigenvalue weighted by molar-refractivity contribution is -0.148. The van der Waals surface area contributed by atoms with Crippen LogP contribution in [0.3, 0.4) is 0 Å². The van der Waals surface area contributed by atoms with Gasteiger partial charge in [0.1, 0.15) is 17.7 Å². The Kier molecular flexibility index (Phi) is 12.2. The zero-order valence-corrected chi connectivity index (χ0v) is 28.9. The molecule has 280 valence electrons. The maximum Gasteiger partial charge on any atom is 0.419 e. The quantitative estimate of drug-likeness (QED) is 0.138. The molecule has 0 fully saturated rings. The van der Waals surface area contributed by atoms with Gasteiger partial charge in [0, 0.05) is 24.4 Å². The zero-order chi connectivity index (χ0) is 39.0. The van der Waals surface area contributed by atoms with E-state index in [1.807, 2.05) is 0 Å². The van der Waals surface area contributed by atoms with Gasteiger partial charge in [-0.3, -0.25) is 14.4 Å². The van der Waals surface area contributed by atoms with Crippen molar-refractivity contribution in [2.75, 3.05) is 20.6 Å². The second kappa shape index (κ2) is 15.1. The van der Waals surface area contributed by atoms with Crippen molar-refractivity contribution in [1.82, 2.24) is 14.8 Å². The number of halogens is 8. The number of carboxylic acids is 1. The summed E-state index contributed by atoms with van der Waals surface area (Å²) in [6.45, 7) is 7.74. The number of aliphatic hydroxyl groups is 1. The average molecular weight is 734 g/mol. The van der Waals surface area contributed by atoms with Crippen LogP contribution in [0.2, 0.25) is 0 Å². The van der Waals surface area contributed by atoms with Crippen LogP contribution in [0.15, 0.2) is 35.3 Å². The molecule has 0 saturated carbocycles. The van der Waals surface area contributed by atoms with Crippen molar-refractivity contribution in [3.05, 3.63) is 91.4 Å². The molecule has 3 N–H and O–H groups in total. The second-order valence-corrected chi connectivity index (χ2v) is 13.3. The molecule has 1 aromatic heterocycles. The standard InChI is InChI=1S/C35H39F8N3O5/c1-17(2)10-25(46-16-21(8-9-45(6)7)23(14-26(46)47)34(38,39)40)32(50)44-33(51,15-27(48)49)29-30(36)22(13-24(31(29)37)35(41,42)43)28-19(4)11-18(3)12-20(28)5/h11-14,16-17,25,51H,8-10,15H2,1-7H3,(H,44,50)(H,48,49)/t25?,33-/m1/s1. The van der Waals surface area contributed by atoms with Gasteiger partial charge in [0.2, 0.25) is 5.91 Å². The summed E-state index contributed by atoms with van der Waals surface area (Å²) < 4.78 is 118. The van der Waals surface area contributed by atoms with Crippen molar-refractivity contribution in [2.24, 2.45) is 5.92 Å². The second-order valence-electron chi connectivity index (χ2n) is 13.3. The van der Waals surface area contributed by atoms with Crippen molar-refractivity contribution in [3.63, 3.8) is 0 Å². The fraction of sp³-hybridized carbons (Fsp3) is 0.457. The summed E-state index contributed by atoms with van der Waals surface area (Å²) in [5.74, 6) is -8.23. The van der Waals surface area contributed by atoms with Crippen LogP contribution < -0.4 is 10.9 Å². The van der Waals surface area contributed by atoms with Gasteiger partial charge in [-0.05, 0) is 81.9 Å². The minimum atomic E-state index is -5.50. The molecule has 0 bridgehead atoms. The van der Waals surface area contributed by atoms with E-state index >= 15 is 8.78 Å². The maximum atomic E-state index is 16.5. The Morgan fingerprint density at radius 3 is 1.92 bits per heavy atom. The summed E-state index contributed by atoms with van der Waals surface area (Å²) in [4.78, 5) is 40.7. The highest BCUT2D eigenvalue weighted by molar-refractivity contribution is 5.83. The van der Waals surface area contributed by atoms with Crippen molar-refractivity contribution in [1.29, 1.82) is 0 Å². The number of carbonyl (C=O) groups is 2. The number of nitrogens with zero attached hydrogens (tertiary/aromatic N) is 2. The lowest BCUT2D eigenvalue weighted by Gasteiger charge is -2.33. The summed E-state index contributed by atoms with van der Waals surface area (Å²) in [6.07, 6.45) is -12.0. The number of pyridine rings is 1.